The van der Waals surface area contributed by atoms with Gasteiger partial charge < -0.3 is 9.64 Å². The quantitative estimate of drug-likeness (QED) is 0.668. The average Bonchev–Trinajstić information content (AvgIpc) is 2.31. The summed E-state index contributed by atoms with van der Waals surface area (Å²) in [6, 6.07) is 0. The van der Waals surface area contributed by atoms with Crippen molar-refractivity contribution < 1.29 is 9.53 Å². The van der Waals surface area contributed by atoms with E-state index in [-0.39, 0.29) is 0 Å². The van der Waals surface area contributed by atoms with E-state index in [2.05, 4.69) is 11.8 Å². The number of hydrogen-bond donors (Lipinski definition) is 0. The van der Waals surface area contributed by atoms with Crippen LogP contribution in [0.25, 0.3) is 0 Å². The Morgan fingerprint density at radius 1 is 1.31 bits per heavy atom. The van der Waals surface area contributed by atoms with Gasteiger partial charge >= 0.3 is 0 Å². The fraction of sp³-hybridized carbons (Fsp3) is 0.923. The van der Waals surface area contributed by atoms with Crippen molar-refractivity contribution in [2.24, 2.45) is 0 Å². The number of piperidine rings is 1. The van der Waals surface area contributed by atoms with E-state index < -0.39 is 0 Å². The fourth-order valence-corrected chi connectivity index (χ4v) is 2.21. The molecule has 0 aliphatic carbocycles. The van der Waals surface area contributed by atoms with Crippen LogP contribution in [0.4, 0.5) is 0 Å². The van der Waals surface area contributed by atoms with Crippen molar-refractivity contribution in [2.45, 2.75) is 52.1 Å². The molecule has 0 bridgehead atoms. The molecule has 1 heterocycles. The second kappa shape index (κ2) is 7.80. The lowest BCUT2D eigenvalue weighted by Crippen LogP contribution is -2.37. The highest BCUT2D eigenvalue weighted by Gasteiger charge is 2.18. The molecule has 1 fully saturated rings. The van der Waals surface area contributed by atoms with Crippen LogP contribution in [0.3, 0.4) is 0 Å². The van der Waals surface area contributed by atoms with Crippen LogP contribution in [0.2, 0.25) is 0 Å². The molecule has 0 aromatic heterocycles. The van der Waals surface area contributed by atoms with Crippen molar-refractivity contribution in [3.63, 3.8) is 0 Å². The molecule has 0 spiro atoms. The zero-order valence-corrected chi connectivity index (χ0v) is 10.7. The van der Waals surface area contributed by atoms with E-state index in [1.54, 1.807) is 0 Å². The Morgan fingerprint density at radius 3 is 2.56 bits per heavy atom. The van der Waals surface area contributed by atoms with Gasteiger partial charge in [-0.2, -0.15) is 0 Å². The highest BCUT2D eigenvalue weighted by Crippen LogP contribution is 2.14. The number of Topliss-reactive ketones (excluding diaryl/α,β-unsaturated/α-hetero) is 1. The van der Waals surface area contributed by atoms with Gasteiger partial charge in [-0.3, -0.25) is 4.79 Å². The monoisotopic (exact) mass is 227 g/mol. The van der Waals surface area contributed by atoms with Crippen molar-refractivity contribution in [3.8, 4) is 0 Å². The summed E-state index contributed by atoms with van der Waals surface area (Å²) >= 11 is 0. The number of ketones is 1. The van der Waals surface area contributed by atoms with Gasteiger partial charge in [0.25, 0.3) is 0 Å². The van der Waals surface area contributed by atoms with E-state index in [1.807, 2.05) is 6.92 Å². The third-order valence-electron chi connectivity index (χ3n) is 3.26. The van der Waals surface area contributed by atoms with Gasteiger partial charge in [0.2, 0.25) is 0 Å². The molecular formula is C13H25NO2. The molecule has 1 aliphatic rings. The third-order valence-corrected chi connectivity index (χ3v) is 3.26. The second-order valence-electron chi connectivity index (χ2n) is 4.49. The van der Waals surface area contributed by atoms with Gasteiger partial charge in [0.15, 0.2) is 0 Å². The standard InChI is InChI=1S/C13H25NO2/c1-3-12(15)6-5-9-14-10-7-13(8-11-14)16-4-2/h13H,3-11H2,1-2H3. The molecule has 0 aromatic rings. The molecule has 1 rings (SSSR count). The van der Waals surface area contributed by atoms with Crippen molar-refractivity contribution in [3.05, 3.63) is 0 Å². The van der Waals surface area contributed by atoms with Crippen molar-refractivity contribution in [1.29, 1.82) is 0 Å². The molecule has 0 amide bonds. The number of carbonyl (C=O) groups excluding carboxylic acids is 1. The lowest BCUT2D eigenvalue weighted by molar-refractivity contribution is -0.118. The number of nitrogens with zero attached hydrogens (tertiary/aromatic N) is 1. The maximum absolute atomic E-state index is 11.2. The summed E-state index contributed by atoms with van der Waals surface area (Å²) in [6.07, 6.45) is 5.23. The fourth-order valence-electron chi connectivity index (χ4n) is 2.21. The topological polar surface area (TPSA) is 29.5 Å². The number of hydrogen-bond acceptors (Lipinski definition) is 3. The van der Waals surface area contributed by atoms with Crippen LogP contribution in [0.5, 0.6) is 0 Å². The molecule has 1 saturated heterocycles. The molecule has 0 aromatic carbocycles. The van der Waals surface area contributed by atoms with Crippen LogP contribution in [-0.4, -0.2) is 43.0 Å². The Morgan fingerprint density at radius 2 is 2.00 bits per heavy atom. The normalized spacial score (nSPS) is 18.9. The molecular weight excluding hydrogens is 202 g/mol. The molecule has 0 saturated carbocycles. The third kappa shape index (κ3) is 5.08. The van der Waals surface area contributed by atoms with Crippen molar-refractivity contribution >= 4 is 5.78 Å². The molecule has 0 N–H and O–H groups in total. The summed E-state index contributed by atoms with van der Waals surface area (Å²) in [5.74, 6) is 0.393. The minimum Gasteiger partial charge on any atom is -0.378 e. The SMILES string of the molecule is CCOC1CCN(CCCC(=O)CC)CC1. The molecule has 1 aliphatic heterocycles. The van der Waals surface area contributed by atoms with Crippen molar-refractivity contribution in [1.82, 2.24) is 4.90 Å². The van der Waals surface area contributed by atoms with Gasteiger partial charge in [-0.25, -0.2) is 0 Å². The van der Waals surface area contributed by atoms with Gasteiger partial charge in [-0.1, -0.05) is 6.92 Å². The molecule has 3 heteroatoms. The summed E-state index contributed by atoms with van der Waals surface area (Å²) in [6.45, 7) is 8.16. The first kappa shape index (κ1) is 13.7. The highest BCUT2D eigenvalue weighted by molar-refractivity contribution is 5.77. The molecule has 16 heavy (non-hydrogen) atoms. The van der Waals surface area contributed by atoms with E-state index in [0.717, 1.165) is 51.9 Å². The average molecular weight is 227 g/mol. The van der Waals surface area contributed by atoms with E-state index in [4.69, 9.17) is 4.74 Å². The van der Waals surface area contributed by atoms with Crippen LogP contribution < -0.4 is 0 Å². The Balaban J connectivity index is 2.06. The Hall–Kier alpha value is -0.410. The summed E-state index contributed by atoms with van der Waals surface area (Å²) in [5.41, 5.74) is 0. The number of rotatable bonds is 7. The Bertz CT molecular complexity index is 198. The summed E-state index contributed by atoms with van der Waals surface area (Å²) in [7, 11) is 0. The summed E-state index contributed by atoms with van der Waals surface area (Å²) < 4.78 is 5.61. The highest BCUT2D eigenvalue weighted by atomic mass is 16.5. The first-order valence-electron chi connectivity index (χ1n) is 6.62. The van der Waals surface area contributed by atoms with Crippen LogP contribution >= 0.6 is 0 Å². The van der Waals surface area contributed by atoms with Gasteiger partial charge in [0, 0.05) is 32.5 Å². The summed E-state index contributed by atoms with van der Waals surface area (Å²) in [4.78, 5) is 13.6. The predicted octanol–water partition coefficient (Wildman–Crippen LogP) is 2.25. The van der Waals surface area contributed by atoms with Crippen LogP contribution in [-0.2, 0) is 9.53 Å². The van der Waals surface area contributed by atoms with E-state index in [9.17, 15) is 4.79 Å². The van der Waals surface area contributed by atoms with Crippen molar-refractivity contribution in [2.75, 3.05) is 26.2 Å². The van der Waals surface area contributed by atoms with E-state index in [1.165, 1.54) is 0 Å². The van der Waals surface area contributed by atoms with E-state index >= 15 is 0 Å². The smallest absolute Gasteiger partial charge is 0.132 e. The van der Waals surface area contributed by atoms with Gasteiger partial charge in [-0.15, -0.1) is 0 Å². The molecule has 0 radical (unpaired) electrons. The number of ether oxygens (including phenoxy) is 1. The summed E-state index contributed by atoms with van der Waals surface area (Å²) in [5, 5.41) is 0. The second-order valence-corrected chi connectivity index (χ2v) is 4.49. The first-order valence-corrected chi connectivity index (χ1v) is 6.62. The number of likely N-dealkylation sites (tertiary alicyclic amines) is 1. The molecule has 94 valence electrons. The van der Waals surface area contributed by atoms with Gasteiger partial charge in [-0.05, 0) is 32.7 Å². The lowest BCUT2D eigenvalue weighted by atomic mass is 10.1. The largest absolute Gasteiger partial charge is 0.378 e. The zero-order valence-electron chi connectivity index (χ0n) is 10.7. The minimum absolute atomic E-state index is 0.393. The Kier molecular flexibility index (Phi) is 6.65. The van der Waals surface area contributed by atoms with Crippen LogP contribution in [0.1, 0.15) is 46.0 Å². The minimum atomic E-state index is 0.393. The van der Waals surface area contributed by atoms with Gasteiger partial charge in [0.1, 0.15) is 5.78 Å². The first-order chi connectivity index (χ1) is 7.76. The maximum Gasteiger partial charge on any atom is 0.132 e. The predicted molar refractivity (Wildman–Crippen MR) is 65.6 cm³/mol. The maximum atomic E-state index is 11.2. The zero-order chi connectivity index (χ0) is 11.8. The van der Waals surface area contributed by atoms with Crippen LogP contribution in [0.15, 0.2) is 0 Å². The van der Waals surface area contributed by atoms with Gasteiger partial charge in [0.05, 0.1) is 6.10 Å². The Labute approximate surface area is 99.1 Å². The molecule has 0 unspecified atom stereocenters. The lowest BCUT2D eigenvalue weighted by Gasteiger charge is -2.31. The molecule has 0 atom stereocenters. The van der Waals surface area contributed by atoms with E-state index in [0.29, 0.717) is 18.3 Å². The number of carbonyl (C=O) groups is 1. The van der Waals surface area contributed by atoms with Crippen LogP contribution in [0, 0.1) is 0 Å². The molecule has 3 nitrogen and oxygen atoms in total.